The highest BCUT2D eigenvalue weighted by Gasteiger charge is 2.26. The minimum absolute atomic E-state index is 0.102. The number of carbonyl (C=O) groups excluding carboxylic acids is 1. The molecule has 1 heterocycles. The quantitative estimate of drug-likeness (QED) is 0.413. The molecule has 0 aliphatic heterocycles. The Labute approximate surface area is 166 Å². The van der Waals surface area contributed by atoms with Crippen molar-refractivity contribution < 1.29 is 9.53 Å². The number of aromatic nitrogens is 1. The number of hydrogen-bond donors (Lipinski definition) is 1. The Morgan fingerprint density at radius 1 is 1.00 bits per heavy atom. The molecule has 5 rings (SSSR count). The normalized spacial score (nSPS) is 11.7. The molecule has 0 bridgehead atoms. The van der Waals surface area contributed by atoms with E-state index in [-0.39, 0.29) is 12.0 Å². The number of benzene rings is 3. The Bertz CT molecular complexity index is 1150. The van der Waals surface area contributed by atoms with Crippen LogP contribution in [0.3, 0.4) is 0 Å². The van der Waals surface area contributed by atoms with Crippen molar-refractivity contribution in [3.8, 4) is 27.4 Å². The second-order valence-corrected chi connectivity index (χ2v) is 8.05. The second kappa shape index (κ2) is 6.46. The Hall–Kier alpha value is -3.18. The summed E-state index contributed by atoms with van der Waals surface area (Å²) < 4.78 is 5.63. The van der Waals surface area contributed by atoms with Crippen molar-refractivity contribution in [3.63, 3.8) is 0 Å². The fraction of sp³-hybridized carbons (Fsp3) is 0.130. The van der Waals surface area contributed by atoms with Gasteiger partial charge in [0.25, 0.3) is 5.91 Å². The highest BCUT2D eigenvalue weighted by molar-refractivity contribution is 7.20. The van der Waals surface area contributed by atoms with E-state index in [2.05, 4.69) is 41.7 Å². The van der Waals surface area contributed by atoms with Crippen molar-refractivity contribution in [2.75, 3.05) is 5.32 Å². The molecule has 0 radical (unpaired) electrons. The molecule has 1 N–H and O–H groups in total. The number of thiazole rings is 1. The first-order chi connectivity index (χ1) is 13.6. The summed E-state index contributed by atoms with van der Waals surface area (Å²) in [6.45, 7) is 3.95. The maximum atomic E-state index is 12.6. The van der Waals surface area contributed by atoms with E-state index in [9.17, 15) is 4.79 Å². The first kappa shape index (κ1) is 17.0. The Morgan fingerprint density at radius 3 is 2.43 bits per heavy atom. The van der Waals surface area contributed by atoms with Gasteiger partial charge in [0.2, 0.25) is 0 Å². The van der Waals surface area contributed by atoms with E-state index in [1.807, 2.05) is 26.0 Å². The van der Waals surface area contributed by atoms with E-state index < -0.39 is 0 Å². The molecule has 0 saturated carbocycles. The standard InChI is InChI=1S/C23H18N2O2S/c1-13(2)27-16-11-9-15(10-12-16)22(26)25-23-24-20-17-7-3-5-14-6-4-8-18(19(14)17)21(20)28-23/h3-13H,1-2H3,(H,24,25,26). The number of rotatable bonds is 4. The van der Waals surface area contributed by atoms with Gasteiger partial charge in [-0.25, -0.2) is 4.98 Å². The molecule has 3 aromatic carbocycles. The maximum Gasteiger partial charge on any atom is 0.257 e. The lowest BCUT2D eigenvalue weighted by atomic mass is 10.0. The van der Waals surface area contributed by atoms with E-state index in [4.69, 9.17) is 9.72 Å². The lowest BCUT2D eigenvalue weighted by Gasteiger charge is -2.09. The number of nitrogens with zero attached hydrogens (tertiary/aromatic N) is 1. The molecule has 0 fully saturated rings. The smallest absolute Gasteiger partial charge is 0.257 e. The number of nitrogens with one attached hydrogen (secondary N) is 1. The van der Waals surface area contributed by atoms with Gasteiger partial charge in [0.1, 0.15) is 5.75 Å². The van der Waals surface area contributed by atoms with Crippen LogP contribution in [0.5, 0.6) is 5.75 Å². The van der Waals surface area contributed by atoms with Crippen LogP contribution in [0, 0.1) is 0 Å². The number of fused-ring (bicyclic) bond motifs is 3. The lowest BCUT2D eigenvalue weighted by molar-refractivity contribution is 0.102. The summed E-state index contributed by atoms with van der Waals surface area (Å²) in [5.41, 5.74) is 3.85. The van der Waals surface area contributed by atoms with E-state index >= 15 is 0 Å². The van der Waals surface area contributed by atoms with Crippen LogP contribution in [-0.4, -0.2) is 17.0 Å². The number of amides is 1. The minimum Gasteiger partial charge on any atom is -0.491 e. The van der Waals surface area contributed by atoms with Crippen molar-refractivity contribution in [3.05, 3.63) is 66.2 Å². The molecule has 138 valence electrons. The third-order valence-electron chi connectivity index (χ3n) is 4.74. The number of ether oxygens (including phenoxy) is 1. The van der Waals surface area contributed by atoms with Gasteiger partial charge < -0.3 is 4.74 Å². The number of carbonyl (C=O) groups is 1. The number of hydrogen-bond acceptors (Lipinski definition) is 4. The SMILES string of the molecule is CC(C)Oc1ccc(C(=O)Nc2nc3c(s2)-c2cccc4cccc-3c24)cc1. The highest BCUT2D eigenvalue weighted by atomic mass is 32.1. The molecule has 4 nitrogen and oxygen atoms in total. The van der Waals surface area contributed by atoms with Gasteiger partial charge in [-0.15, -0.1) is 0 Å². The van der Waals surface area contributed by atoms with Gasteiger partial charge in [-0.2, -0.15) is 0 Å². The van der Waals surface area contributed by atoms with Crippen LogP contribution in [0.25, 0.3) is 32.5 Å². The molecule has 1 amide bonds. The zero-order valence-corrected chi connectivity index (χ0v) is 16.3. The van der Waals surface area contributed by atoms with Crippen LogP contribution in [-0.2, 0) is 0 Å². The molecule has 1 aliphatic carbocycles. The van der Waals surface area contributed by atoms with Crippen LogP contribution in [0.4, 0.5) is 5.13 Å². The molecule has 28 heavy (non-hydrogen) atoms. The Morgan fingerprint density at radius 2 is 1.71 bits per heavy atom. The first-order valence-corrected chi connectivity index (χ1v) is 10.0. The van der Waals surface area contributed by atoms with Gasteiger partial charge in [-0.3, -0.25) is 10.1 Å². The molecule has 0 spiro atoms. The average molecular weight is 386 g/mol. The van der Waals surface area contributed by atoms with Gasteiger partial charge in [0, 0.05) is 16.7 Å². The van der Waals surface area contributed by atoms with Gasteiger partial charge in [-0.05, 0) is 48.9 Å². The van der Waals surface area contributed by atoms with Crippen LogP contribution in [0.2, 0.25) is 0 Å². The van der Waals surface area contributed by atoms with Crippen molar-refractivity contribution in [1.82, 2.24) is 4.98 Å². The third-order valence-corrected chi connectivity index (χ3v) is 5.74. The first-order valence-electron chi connectivity index (χ1n) is 9.21. The summed E-state index contributed by atoms with van der Waals surface area (Å²) in [5, 5.41) is 6.02. The zero-order valence-electron chi connectivity index (χ0n) is 15.5. The van der Waals surface area contributed by atoms with Crippen LogP contribution >= 0.6 is 11.3 Å². The molecule has 1 aromatic heterocycles. The van der Waals surface area contributed by atoms with Gasteiger partial charge in [0.15, 0.2) is 5.13 Å². The maximum absolute atomic E-state index is 12.6. The minimum atomic E-state index is -0.171. The van der Waals surface area contributed by atoms with E-state index in [1.165, 1.54) is 27.7 Å². The van der Waals surface area contributed by atoms with Gasteiger partial charge >= 0.3 is 0 Å². The van der Waals surface area contributed by atoms with E-state index in [1.54, 1.807) is 12.1 Å². The topological polar surface area (TPSA) is 51.2 Å². The van der Waals surface area contributed by atoms with Crippen molar-refractivity contribution >= 4 is 33.1 Å². The molecule has 0 unspecified atom stereocenters. The largest absolute Gasteiger partial charge is 0.491 e. The summed E-state index contributed by atoms with van der Waals surface area (Å²) in [7, 11) is 0. The van der Waals surface area contributed by atoms with Crippen molar-refractivity contribution in [2.45, 2.75) is 20.0 Å². The van der Waals surface area contributed by atoms with Crippen LogP contribution < -0.4 is 10.1 Å². The van der Waals surface area contributed by atoms with Crippen molar-refractivity contribution in [1.29, 1.82) is 0 Å². The second-order valence-electron chi connectivity index (χ2n) is 7.05. The predicted octanol–water partition coefficient (Wildman–Crippen LogP) is 5.98. The molecule has 5 heteroatoms. The van der Waals surface area contributed by atoms with Crippen molar-refractivity contribution in [2.24, 2.45) is 0 Å². The molecular weight excluding hydrogens is 368 g/mol. The fourth-order valence-corrected chi connectivity index (χ4v) is 4.60. The van der Waals surface area contributed by atoms with E-state index in [0.717, 1.165) is 21.9 Å². The monoisotopic (exact) mass is 386 g/mol. The molecule has 0 saturated heterocycles. The molecule has 1 aliphatic rings. The van der Waals surface area contributed by atoms with Gasteiger partial charge in [0.05, 0.1) is 16.7 Å². The summed E-state index contributed by atoms with van der Waals surface area (Å²) >= 11 is 1.52. The summed E-state index contributed by atoms with van der Waals surface area (Å²) in [6, 6.07) is 19.7. The van der Waals surface area contributed by atoms with Crippen LogP contribution in [0.1, 0.15) is 24.2 Å². The lowest BCUT2D eigenvalue weighted by Crippen LogP contribution is -2.12. The molecule has 4 aromatic rings. The Kier molecular flexibility index (Phi) is 3.91. The van der Waals surface area contributed by atoms with E-state index in [0.29, 0.717) is 10.7 Å². The highest BCUT2D eigenvalue weighted by Crippen LogP contribution is 2.50. The van der Waals surface area contributed by atoms with Gasteiger partial charge in [-0.1, -0.05) is 47.7 Å². The number of anilines is 1. The van der Waals surface area contributed by atoms with Crippen LogP contribution in [0.15, 0.2) is 60.7 Å². The third kappa shape index (κ3) is 2.75. The summed E-state index contributed by atoms with van der Waals surface area (Å²) in [6.07, 6.45) is 0.102. The predicted molar refractivity (Wildman–Crippen MR) is 114 cm³/mol. The average Bonchev–Trinajstić information content (AvgIpc) is 3.22. The molecule has 0 atom stereocenters. The molecular formula is C23H18N2O2S. The fourth-order valence-electron chi connectivity index (χ4n) is 3.59. The Balaban J connectivity index is 1.41. The summed E-state index contributed by atoms with van der Waals surface area (Å²) in [4.78, 5) is 18.5. The zero-order chi connectivity index (χ0) is 19.3. The summed E-state index contributed by atoms with van der Waals surface area (Å²) in [5.74, 6) is 0.583.